The predicted octanol–water partition coefficient (Wildman–Crippen LogP) is 13.4. The summed E-state index contributed by atoms with van der Waals surface area (Å²) in [6.07, 6.45) is 54.2. The van der Waals surface area contributed by atoms with Crippen LogP contribution in [0.2, 0.25) is 0 Å². The average molecular weight is 667 g/mol. The highest BCUT2D eigenvalue weighted by Crippen LogP contribution is 2.13. The van der Waals surface area contributed by atoms with E-state index in [1.165, 1.54) is 167 Å². The van der Waals surface area contributed by atoms with Gasteiger partial charge in [0.2, 0.25) is 0 Å². The molecule has 0 aliphatic carbocycles. The van der Waals surface area contributed by atoms with Gasteiger partial charge in [-0.25, -0.2) is 0 Å². The molecule has 3 nitrogen and oxygen atoms in total. The first-order chi connectivity index (χ1) is 23.8. The minimum Gasteiger partial charge on any atom is -0.303 e. The average Bonchev–Trinajstić information content (AvgIpc) is 3.61. The number of carbonyl (C=O) groups excluding carboxylic acids is 1. The second-order valence-electron chi connectivity index (χ2n) is 14.6. The van der Waals surface area contributed by atoms with Crippen LogP contribution >= 0.6 is 0 Å². The highest BCUT2D eigenvalue weighted by Gasteiger charge is 2.14. The minimum absolute atomic E-state index is 0.467. The summed E-state index contributed by atoms with van der Waals surface area (Å²) in [5, 5.41) is 0. The normalized spacial score (nSPS) is 14.4. The second kappa shape index (κ2) is 36.8. The Hall–Kier alpha value is -1.45. The fourth-order valence-corrected chi connectivity index (χ4v) is 6.75. The first-order valence-corrected chi connectivity index (χ1v) is 21.3. The van der Waals surface area contributed by atoms with E-state index in [0.29, 0.717) is 12.3 Å². The van der Waals surface area contributed by atoms with E-state index in [0.717, 1.165) is 45.3 Å². The van der Waals surface area contributed by atoms with Crippen LogP contribution in [-0.4, -0.2) is 54.9 Å². The van der Waals surface area contributed by atoms with Gasteiger partial charge in [0.25, 0.3) is 0 Å². The number of ketones is 1. The third-order valence-electron chi connectivity index (χ3n) is 9.88. The van der Waals surface area contributed by atoms with E-state index < -0.39 is 0 Å². The molecule has 0 aromatic heterocycles. The highest BCUT2D eigenvalue weighted by molar-refractivity contribution is 5.80. The molecule has 0 aromatic rings. The first-order valence-electron chi connectivity index (χ1n) is 21.3. The van der Waals surface area contributed by atoms with E-state index >= 15 is 0 Å². The van der Waals surface area contributed by atoms with Crippen molar-refractivity contribution in [3.05, 3.63) is 48.6 Å². The molecule has 0 unspecified atom stereocenters. The molecule has 3 heteroatoms. The summed E-state index contributed by atoms with van der Waals surface area (Å²) in [4.78, 5) is 17.9. The number of hydrogen-bond donors (Lipinski definition) is 0. The molecule has 1 rings (SSSR count). The van der Waals surface area contributed by atoms with Gasteiger partial charge in [-0.1, -0.05) is 140 Å². The van der Waals surface area contributed by atoms with Crippen LogP contribution in [0.4, 0.5) is 0 Å². The lowest BCUT2D eigenvalue weighted by Crippen LogP contribution is -2.32. The summed E-state index contributed by atoms with van der Waals surface area (Å²) in [6.45, 7) is 11.0. The molecule has 1 aliphatic rings. The van der Waals surface area contributed by atoms with Crippen LogP contribution in [-0.2, 0) is 4.79 Å². The molecule has 1 aliphatic heterocycles. The zero-order chi connectivity index (χ0) is 34.4. The van der Waals surface area contributed by atoms with Crippen molar-refractivity contribution in [3.8, 4) is 0 Å². The SMILES string of the molecule is CCCCC/C=C\C/C=C\CCCCCCCCN(CCCCCCCC/C=C\C/C=C\CCCCC)CC(=O)CCCN1CCCC1. The number of nitrogens with zero attached hydrogens (tertiary/aromatic N) is 2. The third kappa shape index (κ3) is 31.8. The Balaban J connectivity index is 2.15. The zero-order valence-corrected chi connectivity index (χ0v) is 32.5. The van der Waals surface area contributed by atoms with Gasteiger partial charge in [-0.3, -0.25) is 9.69 Å². The number of rotatable bonds is 36. The van der Waals surface area contributed by atoms with Crippen molar-refractivity contribution in [1.82, 2.24) is 9.80 Å². The quantitative estimate of drug-likeness (QED) is 0.0491. The van der Waals surface area contributed by atoms with Crippen LogP contribution in [0.5, 0.6) is 0 Å². The number of unbranched alkanes of at least 4 members (excludes halogenated alkanes) is 18. The Labute approximate surface area is 301 Å². The van der Waals surface area contributed by atoms with Gasteiger partial charge in [-0.05, 0) is 129 Å². The van der Waals surface area contributed by atoms with Gasteiger partial charge in [0.15, 0.2) is 0 Å². The molecule has 0 N–H and O–H groups in total. The second-order valence-corrected chi connectivity index (χ2v) is 14.6. The molecule has 1 heterocycles. The number of hydrogen-bond acceptors (Lipinski definition) is 3. The molecule has 278 valence electrons. The van der Waals surface area contributed by atoms with Crippen LogP contribution in [0.25, 0.3) is 0 Å². The van der Waals surface area contributed by atoms with Crippen molar-refractivity contribution in [2.75, 3.05) is 39.3 Å². The Morgan fingerprint density at radius 1 is 0.500 bits per heavy atom. The van der Waals surface area contributed by atoms with Crippen molar-refractivity contribution in [2.24, 2.45) is 0 Å². The van der Waals surface area contributed by atoms with Crippen molar-refractivity contribution < 1.29 is 4.79 Å². The lowest BCUT2D eigenvalue weighted by atomic mass is 10.1. The molecule has 0 spiro atoms. The minimum atomic E-state index is 0.467. The van der Waals surface area contributed by atoms with E-state index in [1.807, 2.05) is 0 Å². The molecule has 0 aromatic carbocycles. The molecule has 0 atom stereocenters. The fraction of sp³-hybridized carbons (Fsp3) is 0.800. The largest absolute Gasteiger partial charge is 0.303 e. The molecule has 1 saturated heterocycles. The third-order valence-corrected chi connectivity index (χ3v) is 9.88. The lowest BCUT2D eigenvalue weighted by Gasteiger charge is -2.22. The first kappa shape index (κ1) is 44.6. The van der Waals surface area contributed by atoms with Crippen LogP contribution in [0.1, 0.15) is 194 Å². The van der Waals surface area contributed by atoms with E-state index in [1.54, 1.807) is 0 Å². The van der Waals surface area contributed by atoms with Crippen molar-refractivity contribution in [2.45, 2.75) is 194 Å². The van der Waals surface area contributed by atoms with Crippen LogP contribution < -0.4 is 0 Å². The molecular weight excluding hydrogens is 585 g/mol. The molecule has 0 bridgehead atoms. The number of carbonyl (C=O) groups is 1. The summed E-state index contributed by atoms with van der Waals surface area (Å²) in [6, 6.07) is 0. The topological polar surface area (TPSA) is 23.6 Å². The summed E-state index contributed by atoms with van der Waals surface area (Å²) < 4.78 is 0. The number of Topliss-reactive ketones (excluding diaryl/α,β-unsaturated/α-hetero) is 1. The maximum absolute atomic E-state index is 12.9. The van der Waals surface area contributed by atoms with Crippen molar-refractivity contribution >= 4 is 5.78 Å². The van der Waals surface area contributed by atoms with E-state index in [4.69, 9.17) is 0 Å². The lowest BCUT2D eigenvalue weighted by molar-refractivity contribution is -0.120. The van der Waals surface area contributed by atoms with Gasteiger partial charge in [-0.2, -0.15) is 0 Å². The molecule has 48 heavy (non-hydrogen) atoms. The Bertz CT molecular complexity index is 743. The summed E-state index contributed by atoms with van der Waals surface area (Å²) in [5.41, 5.74) is 0. The molecule has 0 amide bonds. The predicted molar refractivity (Wildman–Crippen MR) is 215 cm³/mol. The molecular formula is C45H82N2O. The zero-order valence-electron chi connectivity index (χ0n) is 32.5. The standard InChI is InChI=1S/C45H82N2O/c1-3-5-7-9-11-13-15-17-19-21-23-25-27-29-31-33-41-47(44-45(48)38-37-43-46-39-35-36-40-46)42-34-32-30-28-26-24-22-20-18-16-14-12-10-8-6-4-2/h11-14,17-20H,3-10,15-16,21-44H2,1-2H3/b13-11-,14-12-,19-17-,20-18-. The summed E-state index contributed by atoms with van der Waals surface area (Å²) >= 11 is 0. The van der Waals surface area contributed by atoms with Crippen molar-refractivity contribution in [3.63, 3.8) is 0 Å². The monoisotopic (exact) mass is 667 g/mol. The van der Waals surface area contributed by atoms with Gasteiger partial charge < -0.3 is 4.90 Å². The summed E-state index contributed by atoms with van der Waals surface area (Å²) in [7, 11) is 0. The van der Waals surface area contributed by atoms with Crippen LogP contribution in [0.15, 0.2) is 48.6 Å². The van der Waals surface area contributed by atoms with Crippen molar-refractivity contribution in [1.29, 1.82) is 0 Å². The smallest absolute Gasteiger partial charge is 0.146 e. The van der Waals surface area contributed by atoms with Gasteiger partial charge in [0, 0.05) is 6.42 Å². The van der Waals surface area contributed by atoms with Gasteiger partial charge in [-0.15, -0.1) is 0 Å². The molecule has 0 radical (unpaired) electrons. The van der Waals surface area contributed by atoms with Crippen LogP contribution in [0.3, 0.4) is 0 Å². The Morgan fingerprint density at radius 3 is 1.33 bits per heavy atom. The fourth-order valence-electron chi connectivity index (χ4n) is 6.75. The summed E-state index contributed by atoms with van der Waals surface area (Å²) in [5.74, 6) is 0.467. The van der Waals surface area contributed by atoms with E-state index in [2.05, 4.69) is 72.3 Å². The van der Waals surface area contributed by atoms with Crippen LogP contribution in [0, 0.1) is 0 Å². The number of likely N-dealkylation sites (tertiary alicyclic amines) is 1. The molecule has 1 fully saturated rings. The number of allylic oxidation sites excluding steroid dienone is 8. The van der Waals surface area contributed by atoms with Gasteiger partial charge in [0.05, 0.1) is 6.54 Å². The van der Waals surface area contributed by atoms with E-state index in [9.17, 15) is 4.79 Å². The van der Waals surface area contributed by atoms with Gasteiger partial charge in [0.1, 0.15) is 5.78 Å². The Morgan fingerprint density at radius 2 is 0.896 bits per heavy atom. The maximum atomic E-state index is 12.9. The van der Waals surface area contributed by atoms with Gasteiger partial charge >= 0.3 is 0 Å². The molecule has 0 saturated carbocycles. The Kier molecular flexibility index (Phi) is 34.2. The van der Waals surface area contributed by atoms with E-state index in [-0.39, 0.29) is 0 Å². The maximum Gasteiger partial charge on any atom is 0.146 e. The highest BCUT2D eigenvalue weighted by atomic mass is 16.1.